The van der Waals surface area contributed by atoms with Gasteiger partial charge in [0.1, 0.15) is 5.75 Å². The Bertz CT molecular complexity index is 445. The van der Waals surface area contributed by atoms with E-state index in [0.717, 1.165) is 29.8 Å². The summed E-state index contributed by atoms with van der Waals surface area (Å²) < 4.78 is 5.28. The number of hydrogen-bond donors (Lipinski definition) is 2. The second kappa shape index (κ2) is 8.12. The van der Waals surface area contributed by atoms with Crippen LogP contribution in [-0.4, -0.2) is 25.6 Å². The van der Waals surface area contributed by atoms with Gasteiger partial charge in [-0.05, 0) is 43.5 Å². The number of methoxy groups -OCH3 is 1. The van der Waals surface area contributed by atoms with E-state index in [2.05, 4.69) is 10.6 Å². The van der Waals surface area contributed by atoms with E-state index >= 15 is 0 Å². The number of rotatable bonds is 5. The minimum Gasteiger partial charge on any atom is -0.496 e. The van der Waals surface area contributed by atoms with Crippen molar-refractivity contribution in [3.63, 3.8) is 0 Å². The SMILES string of the molecule is COc1cc(CNC(=O)CC2CCCN2)ccc1C.Cl. The number of ether oxygens (including phenoxy) is 1. The lowest BCUT2D eigenvalue weighted by atomic mass is 10.1. The summed E-state index contributed by atoms with van der Waals surface area (Å²) in [6, 6.07) is 6.36. The molecule has 1 atom stereocenters. The van der Waals surface area contributed by atoms with E-state index in [4.69, 9.17) is 4.74 Å². The average Bonchev–Trinajstić information content (AvgIpc) is 2.90. The van der Waals surface area contributed by atoms with Crippen molar-refractivity contribution in [2.45, 2.75) is 38.8 Å². The number of nitrogens with one attached hydrogen (secondary N) is 2. The molecular formula is C15H23ClN2O2. The highest BCUT2D eigenvalue weighted by molar-refractivity contribution is 5.85. The second-order valence-electron chi connectivity index (χ2n) is 5.08. The standard InChI is InChI=1S/C15H22N2O2.ClH/c1-11-5-6-12(8-14(11)19-2)10-17-15(18)9-13-4-3-7-16-13;/h5-6,8,13,16H,3-4,7,9-10H2,1-2H3,(H,17,18);1H. The summed E-state index contributed by atoms with van der Waals surface area (Å²) in [5, 5.41) is 6.29. The van der Waals surface area contributed by atoms with Crippen molar-refractivity contribution >= 4 is 18.3 Å². The van der Waals surface area contributed by atoms with Crippen molar-refractivity contribution in [3.05, 3.63) is 29.3 Å². The predicted octanol–water partition coefficient (Wildman–Crippen LogP) is 2.18. The van der Waals surface area contributed by atoms with E-state index in [-0.39, 0.29) is 18.3 Å². The van der Waals surface area contributed by atoms with E-state index < -0.39 is 0 Å². The molecule has 0 spiro atoms. The maximum atomic E-state index is 11.8. The highest BCUT2D eigenvalue weighted by Crippen LogP contribution is 2.18. The molecule has 0 aliphatic carbocycles. The van der Waals surface area contributed by atoms with Gasteiger partial charge in [-0.1, -0.05) is 12.1 Å². The molecule has 1 aromatic rings. The van der Waals surface area contributed by atoms with Crippen LogP contribution < -0.4 is 15.4 Å². The first kappa shape index (κ1) is 16.8. The Morgan fingerprint density at radius 2 is 2.30 bits per heavy atom. The highest BCUT2D eigenvalue weighted by Gasteiger charge is 2.17. The summed E-state index contributed by atoms with van der Waals surface area (Å²) in [5.74, 6) is 0.975. The van der Waals surface area contributed by atoms with E-state index in [9.17, 15) is 4.79 Å². The Hall–Kier alpha value is -1.26. The molecule has 1 amide bonds. The molecule has 2 rings (SSSR count). The van der Waals surface area contributed by atoms with Gasteiger partial charge in [-0.3, -0.25) is 4.79 Å². The fourth-order valence-corrected chi connectivity index (χ4v) is 2.40. The van der Waals surface area contributed by atoms with Gasteiger partial charge < -0.3 is 15.4 Å². The number of benzene rings is 1. The smallest absolute Gasteiger partial charge is 0.221 e. The fraction of sp³-hybridized carbons (Fsp3) is 0.533. The minimum atomic E-state index is 0. The first-order chi connectivity index (χ1) is 9.19. The molecule has 1 aromatic carbocycles. The van der Waals surface area contributed by atoms with Gasteiger partial charge in [0.15, 0.2) is 0 Å². The highest BCUT2D eigenvalue weighted by atomic mass is 35.5. The van der Waals surface area contributed by atoms with E-state index in [1.165, 1.54) is 6.42 Å². The van der Waals surface area contributed by atoms with Gasteiger partial charge in [0.05, 0.1) is 7.11 Å². The van der Waals surface area contributed by atoms with Crippen LogP contribution in [-0.2, 0) is 11.3 Å². The predicted molar refractivity (Wildman–Crippen MR) is 82.5 cm³/mol. The van der Waals surface area contributed by atoms with Crippen LogP contribution >= 0.6 is 12.4 Å². The van der Waals surface area contributed by atoms with Crippen LogP contribution in [0.3, 0.4) is 0 Å². The molecule has 112 valence electrons. The lowest BCUT2D eigenvalue weighted by Crippen LogP contribution is -2.31. The Kier molecular flexibility index (Phi) is 6.82. The summed E-state index contributed by atoms with van der Waals surface area (Å²) >= 11 is 0. The van der Waals surface area contributed by atoms with Crippen LogP contribution in [0.4, 0.5) is 0 Å². The molecule has 2 N–H and O–H groups in total. The molecule has 20 heavy (non-hydrogen) atoms. The molecule has 4 nitrogen and oxygen atoms in total. The summed E-state index contributed by atoms with van der Waals surface area (Å²) in [5.41, 5.74) is 2.17. The monoisotopic (exact) mass is 298 g/mol. The third-order valence-corrected chi connectivity index (χ3v) is 3.56. The lowest BCUT2D eigenvalue weighted by Gasteiger charge is -2.11. The number of halogens is 1. The molecule has 1 unspecified atom stereocenters. The number of amides is 1. The summed E-state index contributed by atoms with van der Waals surface area (Å²) in [7, 11) is 1.66. The molecule has 0 bridgehead atoms. The topological polar surface area (TPSA) is 50.4 Å². The molecule has 1 heterocycles. The van der Waals surface area contributed by atoms with E-state index in [1.807, 2.05) is 25.1 Å². The van der Waals surface area contributed by atoms with Crippen LogP contribution in [0.15, 0.2) is 18.2 Å². The van der Waals surface area contributed by atoms with Crippen molar-refractivity contribution < 1.29 is 9.53 Å². The Morgan fingerprint density at radius 3 is 2.95 bits per heavy atom. The van der Waals surface area contributed by atoms with Crippen LogP contribution in [0.2, 0.25) is 0 Å². The normalized spacial score (nSPS) is 17.4. The van der Waals surface area contributed by atoms with Crippen LogP contribution in [0, 0.1) is 6.92 Å². The lowest BCUT2D eigenvalue weighted by molar-refractivity contribution is -0.121. The van der Waals surface area contributed by atoms with Gasteiger partial charge in [-0.25, -0.2) is 0 Å². The zero-order valence-electron chi connectivity index (χ0n) is 12.1. The third-order valence-electron chi connectivity index (χ3n) is 3.56. The zero-order chi connectivity index (χ0) is 13.7. The summed E-state index contributed by atoms with van der Waals surface area (Å²) in [6.07, 6.45) is 2.85. The van der Waals surface area contributed by atoms with Gasteiger partial charge in [-0.15, -0.1) is 12.4 Å². The molecular weight excluding hydrogens is 276 g/mol. The van der Waals surface area contributed by atoms with Gasteiger partial charge in [-0.2, -0.15) is 0 Å². The molecule has 1 saturated heterocycles. The molecule has 5 heteroatoms. The van der Waals surface area contributed by atoms with Crippen molar-refractivity contribution in [1.29, 1.82) is 0 Å². The first-order valence-corrected chi connectivity index (χ1v) is 6.82. The maximum absolute atomic E-state index is 11.8. The third kappa shape index (κ3) is 4.69. The first-order valence-electron chi connectivity index (χ1n) is 6.82. The fourth-order valence-electron chi connectivity index (χ4n) is 2.40. The number of hydrogen-bond acceptors (Lipinski definition) is 3. The van der Waals surface area contributed by atoms with Crippen LogP contribution in [0.5, 0.6) is 5.75 Å². The van der Waals surface area contributed by atoms with Crippen molar-refractivity contribution in [2.24, 2.45) is 0 Å². The zero-order valence-corrected chi connectivity index (χ0v) is 12.9. The number of carbonyl (C=O) groups excluding carboxylic acids is 1. The molecule has 0 aromatic heterocycles. The van der Waals surface area contributed by atoms with Crippen molar-refractivity contribution in [1.82, 2.24) is 10.6 Å². The Labute approximate surface area is 126 Å². The maximum Gasteiger partial charge on any atom is 0.221 e. The molecule has 1 fully saturated rings. The van der Waals surface area contributed by atoms with Crippen LogP contribution in [0.25, 0.3) is 0 Å². The van der Waals surface area contributed by atoms with Gasteiger partial charge in [0, 0.05) is 19.0 Å². The van der Waals surface area contributed by atoms with Crippen molar-refractivity contribution in [2.75, 3.05) is 13.7 Å². The van der Waals surface area contributed by atoms with Gasteiger partial charge >= 0.3 is 0 Å². The van der Waals surface area contributed by atoms with E-state index in [1.54, 1.807) is 7.11 Å². The van der Waals surface area contributed by atoms with E-state index in [0.29, 0.717) is 19.0 Å². The Morgan fingerprint density at radius 1 is 1.50 bits per heavy atom. The van der Waals surface area contributed by atoms with Crippen molar-refractivity contribution in [3.8, 4) is 5.75 Å². The molecule has 0 radical (unpaired) electrons. The molecule has 0 saturated carbocycles. The van der Waals surface area contributed by atoms with Gasteiger partial charge in [0.25, 0.3) is 0 Å². The van der Waals surface area contributed by atoms with Gasteiger partial charge in [0.2, 0.25) is 5.91 Å². The molecule has 1 aliphatic heterocycles. The largest absolute Gasteiger partial charge is 0.496 e. The molecule has 1 aliphatic rings. The minimum absolute atomic E-state index is 0. The van der Waals surface area contributed by atoms with Crippen LogP contribution in [0.1, 0.15) is 30.4 Å². The second-order valence-corrected chi connectivity index (χ2v) is 5.08. The Balaban J connectivity index is 0.00000200. The summed E-state index contributed by atoms with van der Waals surface area (Å²) in [6.45, 7) is 3.60. The summed E-state index contributed by atoms with van der Waals surface area (Å²) in [4.78, 5) is 11.8. The quantitative estimate of drug-likeness (QED) is 0.876. The number of aryl methyl sites for hydroxylation is 1. The average molecular weight is 299 g/mol. The number of carbonyl (C=O) groups is 1.